The molecule has 2 bridgehead atoms. The van der Waals surface area contributed by atoms with Gasteiger partial charge in [0, 0.05) is 56.3 Å². The highest BCUT2D eigenvalue weighted by Crippen LogP contribution is 2.64. The first-order chi connectivity index (χ1) is 21.9. The number of carboxylic acid groups (broad SMARTS) is 1. The summed E-state index contributed by atoms with van der Waals surface area (Å²) in [5.41, 5.74) is 9.75. The van der Waals surface area contributed by atoms with Gasteiger partial charge in [-0.15, -0.1) is 10.2 Å². The molecular weight excluding hydrogens is 568 g/mol. The number of carbonyl (C=O) groups is 1. The summed E-state index contributed by atoms with van der Waals surface area (Å²) in [6.07, 6.45) is 11.0. The average molecular weight is 611 g/mol. The number of aromatic nitrogens is 4. The number of hydrogen-bond acceptors (Lipinski definition) is 10. The Kier molecular flexibility index (Phi) is 7.04. The van der Waals surface area contributed by atoms with E-state index < -0.39 is 5.97 Å². The van der Waals surface area contributed by atoms with E-state index in [2.05, 4.69) is 24.9 Å². The molecule has 2 saturated heterocycles. The molecule has 5 aliphatic rings. The molecule has 45 heavy (non-hydrogen) atoms. The molecule has 11 heteroatoms. The Labute approximate surface area is 263 Å². The number of piperazine rings is 1. The molecule has 4 atom stereocenters. The van der Waals surface area contributed by atoms with Crippen molar-refractivity contribution in [3.8, 4) is 17.0 Å². The standard InChI is InChI=1S/C34H42N8O3/c35-31-29(14-28(38-39-31)26-3-1-2-4-30(26)43)42-19-21-13-27-23(20-42)16-34(27,15-21)33-36-17-25(18-37-33)41-11-9-40(10-12-41)24-7-5-22(6-8-24)32(44)45/h1-4,14,17-18,21-24,27,43H,5-13,15-16,19-20H2,(H2,35,39)(H,44,45). The molecule has 3 saturated carbocycles. The van der Waals surface area contributed by atoms with Crippen LogP contribution in [0.2, 0.25) is 0 Å². The Morgan fingerprint density at radius 1 is 0.933 bits per heavy atom. The Morgan fingerprint density at radius 2 is 1.69 bits per heavy atom. The summed E-state index contributed by atoms with van der Waals surface area (Å²) in [6.45, 7) is 5.76. The highest BCUT2D eigenvalue weighted by molar-refractivity contribution is 5.74. The van der Waals surface area contributed by atoms with Gasteiger partial charge in [0.05, 0.1) is 35.4 Å². The van der Waals surface area contributed by atoms with Crippen LogP contribution in [0.1, 0.15) is 50.8 Å². The fourth-order valence-corrected chi connectivity index (χ4v) is 9.45. The minimum Gasteiger partial charge on any atom is -0.507 e. The lowest BCUT2D eigenvalue weighted by Gasteiger charge is -2.52. The smallest absolute Gasteiger partial charge is 0.306 e. The van der Waals surface area contributed by atoms with Crippen LogP contribution in [0.5, 0.6) is 5.75 Å². The number of phenolic OH excluding ortho intramolecular Hbond substituents is 1. The molecule has 0 amide bonds. The summed E-state index contributed by atoms with van der Waals surface area (Å²) >= 11 is 0. The second kappa shape index (κ2) is 11.1. The molecule has 2 aliphatic heterocycles. The van der Waals surface area contributed by atoms with Crippen LogP contribution < -0.4 is 15.5 Å². The largest absolute Gasteiger partial charge is 0.507 e. The molecular formula is C34H42N8O3. The van der Waals surface area contributed by atoms with Gasteiger partial charge in [-0.2, -0.15) is 0 Å². The zero-order valence-corrected chi connectivity index (χ0v) is 25.6. The molecule has 5 fully saturated rings. The number of aromatic hydroxyl groups is 1. The molecule has 0 radical (unpaired) electrons. The lowest BCUT2D eigenvalue weighted by molar-refractivity contribution is -0.143. The lowest BCUT2D eigenvalue weighted by atomic mass is 9.54. The quantitative estimate of drug-likeness (QED) is 0.375. The number of hydrogen-bond donors (Lipinski definition) is 3. The number of nitrogens with two attached hydrogens (primary N) is 1. The number of nitrogen functional groups attached to an aromatic ring is 1. The van der Waals surface area contributed by atoms with E-state index in [1.165, 1.54) is 6.42 Å². The molecule has 0 spiro atoms. The molecule has 2 aromatic heterocycles. The number of fused-ring (bicyclic) bond motifs is 1. The summed E-state index contributed by atoms with van der Waals surface area (Å²) in [5, 5.41) is 28.3. The van der Waals surface area contributed by atoms with E-state index >= 15 is 0 Å². The number of anilines is 3. The van der Waals surface area contributed by atoms with E-state index in [0.29, 0.717) is 40.9 Å². The van der Waals surface area contributed by atoms with E-state index in [4.69, 9.17) is 15.7 Å². The number of para-hydroxylation sites is 1. The van der Waals surface area contributed by atoms with Crippen molar-refractivity contribution in [3.63, 3.8) is 0 Å². The summed E-state index contributed by atoms with van der Waals surface area (Å²) in [5.74, 6) is 2.51. The predicted octanol–water partition coefficient (Wildman–Crippen LogP) is 3.79. The third-order valence-electron chi connectivity index (χ3n) is 11.7. The monoisotopic (exact) mass is 610 g/mol. The third-order valence-corrected chi connectivity index (χ3v) is 11.7. The molecule has 4 N–H and O–H groups in total. The average Bonchev–Trinajstić information content (AvgIpc) is 3.25. The van der Waals surface area contributed by atoms with E-state index in [9.17, 15) is 15.0 Å². The molecule has 4 heterocycles. The lowest BCUT2D eigenvalue weighted by Crippen LogP contribution is -2.54. The summed E-state index contributed by atoms with van der Waals surface area (Å²) in [7, 11) is 0. The van der Waals surface area contributed by atoms with Gasteiger partial charge in [-0.05, 0) is 80.9 Å². The number of carboxylic acids is 1. The first-order valence-electron chi connectivity index (χ1n) is 16.6. The number of aliphatic carboxylic acids is 1. The second-order valence-corrected chi connectivity index (χ2v) is 14.1. The van der Waals surface area contributed by atoms with Gasteiger partial charge in [0.25, 0.3) is 0 Å². The Balaban J connectivity index is 0.910. The van der Waals surface area contributed by atoms with Crippen molar-refractivity contribution in [1.29, 1.82) is 0 Å². The fraction of sp³-hybridized carbons (Fsp3) is 0.559. The van der Waals surface area contributed by atoms with Crippen LogP contribution in [-0.4, -0.2) is 86.6 Å². The molecule has 3 aliphatic carbocycles. The molecule has 8 rings (SSSR count). The van der Waals surface area contributed by atoms with Gasteiger partial charge in [0.2, 0.25) is 0 Å². The molecule has 3 aromatic rings. The number of phenols is 1. The minimum absolute atomic E-state index is 0.0798. The van der Waals surface area contributed by atoms with Gasteiger partial charge in [-0.1, -0.05) is 12.1 Å². The molecule has 11 nitrogen and oxygen atoms in total. The summed E-state index contributed by atoms with van der Waals surface area (Å²) in [4.78, 5) is 28.7. The van der Waals surface area contributed by atoms with Gasteiger partial charge in [0.15, 0.2) is 5.82 Å². The van der Waals surface area contributed by atoms with Gasteiger partial charge >= 0.3 is 5.97 Å². The van der Waals surface area contributed by atoms with Gasteiger partial charge in [-0.25, -0.2) is 9.97 Å². The first-order valence-corrected chi connectivity index (χ1v) is 16.6. The molecule has 236 valence electrons. The van der Waals surface area contributed by atoms with Crippen molar-refractivity contribution in [2.45, 2.75) is 56.4 Å². The SMILES string of the molecule is Nc1nnc(-c2ccccc2O)cc1N1CC2CC3C(C1)CC3(c1ncc(N3CCN(C4CCC(C(=O)O)CC4)CC3)cn1)C2. The van der Waals surface area contributed by atoms with E-state index in [0.717, 1.165) is 95.0 Å². The van der Waals surface area contributed by atoms with Gasteiger partial charge in [0.1, 0.15) is 11.6 Å². The highest BCUT2D eigenvalue weighted by Gasteiger charge is 2.63. The topological polar surface area (TPSA) is 145 Å². The Morgan fingerprint density at radius 3 is 2.42 bits per heavy atom. The van der Waals surface area contributed by atoms with Crippen molar-refractivity contribution < 1.29 is 15.0 Å². The van der Waals surface area contributed by atoms with Crippen molar-refractivity contribution in [2.75, 3.05) is 54.8 Å². The normalized spacial score (nSPS) is 31.3. The van der Waals surface area contributed by atoms with Crippen LogP contribution in [0, 0.1) is 23.7 Å². The van der Waals surface area contributed by atoms with Crippen molar-refractivity contribution in [3.05, 3.63) is 48.5 Å². The predicted molar refractivity (Wildman–Crippen MR) is 171 cm³/mol. The zero-order chi connectivity index (χ0) is 30.7. The van der Waals surface area contributed by atoms with Crippen LogP contribution in [0.15, 0.2) is 42.7 Å². The maximum absolute atomic E-state index is 11.3. The van der Waals surface area contributed by atoms with Crippen molar-refractivity contribution in [1.82, 2.24) is 25.1 Å². The van der Waals surface area contributed by atoms with Gasteiger partial charge in [-0.3, -0.25) is 9.69 Å². The molecule has 4 unspecified atom stereocenters. The maximum atomic E-state index is 11.3. The summed E-state index contributed by atoms with van der Waals surface area (Å²) < 4.78 is 0. The third kappa shape index (κ3) is 4.95. The maximum Gasteiger partial charge on any atom is 0.306 e. The highest BCUT2D eigenvalue weighted by atomic mass is 16.4. The number of nitrogens with zero attached hydrogens (tertiary/aromatic N) is 7. The van der Waals surface area contributed by atoms with Crippen molar-refractivity contribution in [2.24, 2.45) is 23.7 Å². The minimum atomic E-state index is -0.634. The Hall–Kier alpha value is -3.99. The van der Waals surface area contributed by atoms with E-state index in [1.54, 1.807) is 12.1 Å². The molecule has 1 aromatic carbocycles. The fourth-order valence-electron chi connectivity index (χ4n) is 9.45. The van der Waals surface area contributed by atoms with Crippen LogP contribution in [0.25, 0.3) is 11.3 Å². The zero-order valence-electron chi connectivity index (χ0n) is 25.6. The van der Waals surface area contributed by atoms with Gasteiger partial charge < -0.3 is 25.7 Å². The number of rotatable bonds is 6. The van der Waals surface area contributed by atoms with Crippen LogP contribution >= 0.6 is 0 Å². The Bertz CT molecular complexity index is 1570. The van der Waals surface area contributed by atoms with Crippen molar-refractivity contribution >= 4 is 23.2 Å². The van der Waals surface area contributed by atoms with Crippen LogP contribution in [0.3, 0.4) is 0 Å². The number of benzene rings is 1. The van der Waals surface area contributed by atoms with Crippen LogP contribution in [-0.2, 0) is 10.2 Å². The second-order valence-electron chi connectivity index (χ2n) is 14.1. The summed E-state index contributed by atoms with van der Waals surface area (Å²) in [6, 6.07) is 9.70. The van der Waals surface area contributed by atoms with E-state index in [1.807, 2.05) is 30.6 Å². The first kappa shape index (κ1) is 28.5. The van der Waals surface area contributed by atoms with E-state index in [-0.39, 0.29) is 17.1 Å². The van der Waals surface area contributed by atoms with Crippen LogP contribution in [0.4, 0.5) is 17.2 Å².